The first-order valence-electron chi connectivity index (χ1n) is 5.57. The smallest absolute Gasteiger partial charge is 0.260 e. The van der Waals surface area contributed by atoms with Crippen molar-refractivity contribution in [2.45, 2.75) is 6.92 Å². The third-order valence-corrected chi connectivity index (χ3v) is 3.86. The standard InChI is InChI=1S/C13H10ClN3OS/c1-7-5-19-6-10(7)12-16-13(18-17-12)9-3-2-8(14)4-11(9)15/h2-6H,15H2,1H3. The zero-order valence-electron chi connectivity index (χ0n) is 10.1. The Morgan fingerprint density at radius 1 is 1.26 bits per heavy atom. The number of anilines is 1. The van der Waals surface area contributed by atoms with Crippen molar-refractivity contribution in [1.82, 2.24) is 10.1 Å². The zero-order valence-corrected chi connectivity index (χ0v) is 11.6. The second-order valence-corrected chi connectivity index (χ2v) is 5.30. The van der Waals surface area contributed by atoms with E-state index in [-0.39, 0.29) is 0 Å². The van der Waals surface area contributed by atoms with E-state index in [1.807, 2.05) is 17.7 Å². The minimum Gasteiger partial charge on any atom is -0.398 e. The van der Waals surface area contributed by atoms with E-state index >= 15 is 0 Å². The molecule has 0 spiro atoms. The molecule has 2 N–H and O–H groups in total. The van der Waals surface area contributed by atoms with Gasteiger partial charge in [0, 0.05) is 21.7 Å². The van der Waals surface area contributed by atoms with Crippen LogP contribution in [0.25, 0.3) is 22.8 Å². The second-order valence-electron chi connectivity index (χ2n) is 4.12. The summed E-state index contributed by atoms with van der Waals surface area (Å²) in [4.78, 5) is 4.38. The third-order valence-electron chi connectivity index (χ3n) is 2.77. The lowest BCUT2D eigenvalue weighted by Gasteiger charge is -2.00. The van der Waals surface area contributed by atoms with Gasteiger partial charge in [-0.3, -0.25) is 0 Å². The molecule has 3 rings (SSSR count). The quantitative estimate of drug-likeness (QED) is 0.725. The average molecular weight is 292 g/mol. The van der Waals surface area contributed by atoms with E-state index in [9.17, 15) is 0 Å². The molecule has 4 nitrogen and oxygen atoms in total. The number of halogens is 1. The van der Waals surface area contributed by atoms with Crippen molar-refractivity contribution in [2.75, 3.05) is 5.73 Å². The van der Waals surface area contributed by atoms with Gasteiger partial charge < -0.3 is 10.3 Å². The van der Waals surface area contributed by atoms with Crippen molar-refractivity contribution in [2.24, 2.45) is 0 Å². The van der Waals surface area contributed by atoms with E-state index in [0.717, 1.165) is 11.1 Å². The fourth-order valence-corrected chi connectivity index (χ4v) is 2.77. The number of nitrogens with two attached hydrogens (primary N) is 1. The first kappa shape index (κ1) is 12.2. The molecule has 6 heteroatoms. The predicted octanol–water partition coefficient (Wildman–Crippen LogP) is 4.01. The van der Waals surface area contributed by atoms with Gasteiger partial charge in [0.05, 0.1) is 5.56 Å². The summed E-state index contributed by atoms with van der Waals surface area (Å²) in [5.74, 6) is 0.970. The lowest BCUT2D eigenvalue weighted by molar-refractivity contribution is 0.432. The third kappa shape index (κ3) is 2.22. The van der Waals surface area contributed by atoms with Crippen LogP contribution in [0.5, 0.6) is 0 Å². The molecule has 0 fully saturated rings. The minimum atomic E-state index is 0.398. The van der Waals surface area contributed by atoms with E-state index in [4.69, 9.17) is 21.9 Å². The van der Waals surface area contributed by atoms with Gasteiger partial charge in [0.1, 0.15) is 0 Å². The van der Waals surface area contributed by atoms with Gasteiger partial charge in [-0.25, -0.2) is 0 Å². The number of aryl methyl sites for hydroxylation is 1. The summed E-state index contributed by atoms with van der Waals surface area (Å²) in [6.07, 6.45) is 0. The van der Waals surface area contributed by atoms with Crippen LogP contribution in [0.2, 0.25) is 5.02 Å². The Kier molecular flexibility index (Phi) is 3.00. The van der Waals surface area contributed by atoms with Crippen LogP contribution in [0.4, 0.5) is 5.69 Å². The van der Waals surface area contributed by atoms with Crippen LogP contribution in [0, 0.1) is 6.92 Å². The summed E-state index contributed by atoms with van der Waals surface area (Å²) >= 11 is 7.47. The molecule has 2 heterocycles. The lowest BCUT2D eigenvalue weighted by atomic mass is 10.2. The molecular weight excluding hydrogens is 282 g/mol. The summed E-state index contributed by atoms with van der Waals surface area (Å²) in [6.45, 7) is 2.01. The molecule has 0 amide bonds. The van der Waals surface area contributed by atoms with Gasteiger partial charge in [-0.2, -0.15) is 16.3 Å². The molecule has 0 saturated carbocycles. The van der Waals surface area contributed by atoms with Crippen molar-refractivity contribution in [1.29, 1.82) is 0 Å². The zero-order chi connectivity index (χ0) is 13.4. The molecule has 0 aliphatic rings. The normalized spacial score (nSPS) is 10.8. The van der Waals surface area contributed by atoms with Crippen LogP contribution in [-0.2, 0) is 0 Å². The van der Waals surface area contributed by atoms with Gasteiger partial charge in [-0.15, -0.1) is 0 Å². The fourth-order valence-electron chi connectivity index (χ4n) is 1.76. The highest BCUT2D eigenvalue weighted by Crippen LogP contribution is 2.30. The molecular formula is C13H10ClN3OS. The molecule has 0 saturated heterocycles. The Morgan fingerprint density at radius 3 is 2.79 bits per heavy atom. The maximum absolute atomic E-state index is 5.90. The van der Waals surface area contributed by atoms with Gasteiger partial charge in [0.2, 0.25) is 5.82 Å². The van der Waals surface area contributed by atoms with Gasteiger partial charge in [-0.05, 0) is 36.1 Å². The van der Waals surface area contributed by atoms with E-state index in [1.165, 1.54) is 0 Å². The number of hydrogen-bond donors (Lipinski definition) is 1. The molecule has 3 aromatic rings. The minimum absolute atomic E-state index is 0.398. The van der Waals surface area contributed by atoms with Crippen LogP contribution >= 0.6 is 22.9 Å². The highest BCUT2D eigenvalue weighted by Gasteiger charge is 2.14. The molecule has 0 aliphatic heterocycles. The summed E-state index contributed by atoms with van der Waals surface area (Å²) < 4.78 is 5.27. The molecule has 19 heavy (non-hydrogen) atoms. The highest BCUT2D eigenvalue weighted by molar-refractivity contribution is 7.08. The number of rotatable bonds is 2. The van der Waals surface area contributed by atoms with Crippen LogP contribution in [0.1, 0.15) is 5.56 Å². The Bertz CT molecular complexity index is 735. The average Bonchev–Trinajstić information content (AvgIpc) is 2.97. The van der Waals surface area contributed by atoms with Gasteiger partial charge >= 0.3 is 0 Å². The van der Waals surface area contributed by atoms with Crippen LogP contribution in [0.3, 0.4) is 0 Å². The Labute approximate surface area is 118 Å². The monoisotopic (exact) mass is 291 g/mol. The maximum Gasteiger partial charge on any atom is 0.260 e. The van der Waals surface area contributed by atoms with Gasteiger partial charge in [0.25, 0.3) is 5.89 Å². The molecule has 0 unspecified atom stereocenters. The van der Waals surface area contributed by atoms with Crippen LogP contribution in [-0.4, -0.2) is 10.1 Å². The fraction of sp³-hybridized carbons (Fsp3) is 0.0769. The summed E-state index contributed by atoms with van der Waals surface area (Å²) in [7, 11) is 0. The van der Waals surface area contributed by atoms with Crippen molar-refractivity contribution < 1.29 is 4.52 Å². The van der Waals surface area contributed by atoms with E-state index < -0.39 is 0 Å². The number of nitrogen functional groups attached to an aromatic ring is 1. The number of hydrogen-bond acceptors (Lipinski definition) is 5. The number of benzene rings is 1. The summed E-state index contributed by atoms with van der Waals surface area (Å²) in [5.41, 5.74) is 9.22. The first-order chi connectivity index (χ1) is 9.15. The summed E-state index contributed by atoms with van der Waals surface area (Å²) in [6, 6.07) is 5.18. The second kappa shape index (κ2) is 4.68. The van der Waals surface area contributed by atoms with E-state index in [2.05, 4.69) is 10.1 Å². The Hall–Kier alpha value is -1.85. The topological polar surface area (TPSA) is 64.9 Å². The SMILES string of the molecule is Cc1cscc1-c1noc(-c2ccc(Cl)cc2N)n1. The molecule has 0 bridgehead atoms. The maximum atomic E-state index is 5.90. The van der Waals surface area contributed by atoms with Gasteiger partial charge in [-0.1, -0.05) is 16.8 Å². The summed E-state index contributed by atoms with van der Waals surface area (Å²) in [5, 5.41) is 8.61. The predicted molar refractivity (Wildman–Crippen MR) is 77.2 cm³/mol. The van der Waals surface area contributed by atoms with Crippen molar-refractivity contribution >= 4 is 28.6 Å². The molecule has 1 aromatic carbocycles. The van der Waals surface area contributed by atoms with E-state index in [0.29, 0.717) is 28.0 Å². The molecule has 0 aliphatic carbocycles. The van der Waals surface area contributed by atoms with Crippen molar-refractivity contribution in [3.05, 3.63) is 39.5 Å². The highest BCUT2D eigenvalue weighted by atomic mass is 35.5. The van der Waals surface area contributed by atoms with Crippen molar-refractivity contribution in [3.63, 3.8) is 0 Å². The largest absolute Gasteiger partial charge is 0.398 e. The molecule has 2 aromatic heterocycles. The van der Waals surface area contributed by atoms with E-state index in [1.54, 1.807) is 29.5 Å². The Morgan fingerprint density at radius 2 is 2.11 bits per heavy atom. The van der Waals surface area contributed by atoms with Gasteiger partial charge in [0.15, 0.2) is 0 Å². The number of nitrogens with zero attached hydrogens (tertiary/aromatic N) is 2. The van der Waals surface area contributed by atoms with Crippen LogP contribution in [0.15, 0.2) is 33.5 Å². The van der Waals surface area contributed by atoms with Crippen LogP contribution < -0.4 is 5.73 Å². The number of thiophene rings is 1. The Balaban J connectivity index is 2.04. The lowest BCUT2D eigenvalue weighted by Crippen LogP contribution is -1.90. The molecule has 0 atom stereocenters. The van der Waals surface area contributed by atoms with Crippen molar-refractivity contribution in [3.8, 4) is 22.8 Å². The molecule has 96 valence electrons. The first-order valence-corrected chi connectivity index (χ1v) is 6.89. The number of aromatic nitrogens is 2. The molecule has 0 radical (unpaired) electrons.